The van der Waals surface area contributed by atoms with Gasteiger partial charge in [-0.25, -0.2) is 0 Å². The number of benzene rings is 1. The van der Waals surface area contributed by atoms with E-state index in [4.69, 9.17) is 9.84 Å². The predicted octanol–water partition coefficient (Wildman–Crippen LogP) is 2.16. The first kappa shape index (κ1) is 16.2. The fourth-order valence-corrected chi connectivity index (χ4v) is 1.94. The van der Waals surface area contributed by atoms with E-state index in [1.165, 1.54) is 0 Å². The molecule has 0 bridgehead atoms. The highest BCUT2D eigenvalue weighted by Gasteiger charge is 2.19. The number of carboxylic acid groups (broad SMARTS) is 1. The molecular formula is C15H21NO4. The number of ether oxygens (including phenoxy) is 1. The third-order valence-corrected chi connectivity index (χ3v) is 2.94. The maximum absolute atomic E-state index is 12.4. The van der Waals surface area contributed by atoms with E-state index in [0.29, 0.717) is 12.2 Å². The number of amides is 1. The second-order valence-electron chi connectivity index (χ2n) is 4.87. The maximum atomic E-state index is 12.4. The summed E-state index contributed by atoms with van der Waals surface area (Å²) in [7, 11) is 1.60. The van der Waals surface area contributed by atoms with Crippen molar-refractivity contribution in [3.63, 3.8) is 0 Å². The molecule has 0 unspecified atom stereocenters. The molecule has 0 saturated carbocycles. The number of carboxylic acids is 1. The summed E-state index contributed by atoms with van der Waals surface area (Å²) in [4.78, 5) is 24.7. The second-order valence-corrected chi connectivity index (χ2v) is 4.87. The SMILES string of the molecule is COCc1cccc(C(=O)N(CCC(=O)O)C(C)C)c1. The molecule has 0 aromatic heterocycles. The van der Waals surface area contributed by atoms with E-state index in [0.717, 1.165) is 5.56 Å². The van der Waals surface area contributed by atoms with Gasteiger partial charge < -0.3 is 14.7 Å². The zero-order valence-corrected chi connectivity index (χ0v) is 12.1. The summed E-state index contributed by atoms with van der Waals surface area (Å²) >= 11 is 0. The van der Waals surface area contributed by atoms with Gasteiger partial charge in [-0.15, -0.1) is 0 Å². The maximum Gasteiger partial charge on any atom is 0.305 e. The first-order chi connectivity index (χ1) is 9.45. The van der Waals surface area contributed by atoms with Gasteiger partial charge in [-0.05, 0) is 31.5 Å². The lowest BCUT2D eigenvalue weighted by Gasteiger charge is -2.26. The molecule has 0 aliphatic carbocycles. The number of hydrogen-bond acceptors (Lipinski definition) is 3. The van der Waals surface area contributed by atoms with Crippen LogP contribution in [0.4, 0.5) is 0 Å². The molecule has 0 aliphatic heterocycles. The third kappa shape index (κ3) is 4.66. The zero-order chi connectivity index (χ0) is 15.1. The fraction of sp³-hybridized carbons (Fsp3) is 0.467. The Balaban J connectivity index is 2.88. The highest BCUT2D eigenvalue weighted by molar-refractivity contribution is 5.94. The molecule has 0 aliphatic rings. The smallest absolute Gasteiger partial charge is 0.305 e. The van der Waals surface area contributed by atoms with Gasteiger partial charge in [0.25, 0.3) is 5.91 Å². The van der Waals surface area contributed by atoms with Gasteiger partial charge in [0.15, 0.2) is 0 Å². The van der Waals surface area contributed by atoms with Crippen LogP contribution in [0.1, 0.15) is 36.2 Å². The van der Waals surface area contributed by atoms with Crippen LogP contribution in [0.3, 0.4) is 0 Å². The number of aliphatic carboxylic acids is 1. The molecule has 0 radical (unpaired) electrons. The standard InChI is InChI=1S/C15H21NO4/c1-11(2)16(8-7-14(17)18)15(19)13-6-4-5-12(9-13)10-20-3/h4-6,9,11H,7-8,10H2,1-3H3,(H,17,18). The van der Waals surface area contributed by atoms with Crippen LogP contribution in [0, 0.1) is 0 Å². The number of nitrogens with zero attached hydrogens (tertiary/aromatic N) is 1. The van der Waals surface area contributed by atoms with Crippen molar-refractivity contribution in [2.24, 2.45) is 0 Å². The van der Waals surface area contributed by atoms with Crippen LogP contribution < -0.4 is 0 Å². The summed E-state index contributed by atoms with van der Waals surface area (Å²) in [6, 6.07) is 7.15. The molecule has 1 aromatic carbocycles. The van der Waals surface area contributed by atoms with Gasteiger partial charge in [-0.3, -0.25) is 9.59 Å². The molecule has 5 heteroatoms. The fourth-order valence-electron chi connectivity index (χ4n) is 1.94. The quantitative estimate of drug-likeness (QED) is 0.830. The summed E-state index contributed by atoms with van der Waals surface area (Å²) in [6.45, 7) is 4.40. The van der Waals surface area contributed by atoms with Crippen molar-refractivity contribution in [1.82, 2.24) is 4.90 Å². The van der Waals surface area contributed by atoms with Crippen LogP contribution in [-0.2, 0) is 16.1 Å². The Morgan fingerprint density at radius 2 is 2.05 bits per heavy atom. The van der Waals surface area contributed by atoms with Crippen LogP contribution in [0.15, 0.2) is 24.3 Å². The van der Waals surface area contributed by atoms with E-state index in [1.807, 2.05) is 19.9 Å². The van der Waals surface area contributed by atoms with Gasteiger partial charge in [0.05, 0.1) is 13.0 Å². The topological polar surface area (TPSA) is 66.8 Å². The van der Waals surface area contributed by atoms with Gasteiger partial charge in [-0.1, -0.05) is 12.1 Å². The van der Waals surface area contributed by atoms with E-state index in [1.54, 1.807) is 30.2 Å². The van der Waals surface area contributed by atoms with Crippen LogP contribution in [0.25, 0.3) is 0 Å². The van der Waals surface area contributed by atoms with E-state index in [2.05, 4.69) is 0 Å². The average Bonchev–Trinajstić information content (AvgIpc) is 2.38. The highest BCUT2D eigenvalue weighted by atomic mass is 16.5. The van der Waals surface area contributed by atoms with Crippen molar-refractivity contribution in [3.8, 4) is 0 Å². The van der Waals surface area contributed by atoms with E-state index >= 15 is 0 Å². The van der Waals surface area contributed by atoms with Gasteiger partial charge in [0.1, 0.15) is 0 Å². The Kier molecular flexibility index (Phi) is 6.18. The Morgan fingerprint density at radius 1 is 1.35 bits per heavy atom. The van der Waals surface area contributed by atoms with Crippen molar-refractivity contribution in [2.75, 3.05) is 13.7 Å². The van der Waals surface area contributed by atoms with Crippen molar-refractivity contribution >= 4 is 11.9 Å². The van der Waals surface area contributed by atoms with Crippen LogP contribution in [0.5, 0.6) is 0 Å². The molecular weight excluding hydrogens is 258 g/mol. The van der Waals surface area contributed by atoms with Crippen LogP contribution >= 0.6 is 0 Å². The van der Waals surface area contributed by atoms with Gasteiger partial charge >= 0.3 is 5.97 Å². The molecule has 1 N–H and O–H groups in total. The number of hydrogen-bond donors (Lipinski definition) is 1. The van der Waals surface area contributed by atoms with E-state index in [-0.39, 0.29) is 24.9 Å². The minimum Gasteiger partial charge on any atom is -0.481 e. The lowest BCUT2D eigenvalue weighted by atomic mass is 10.1. The first-order valence-electron chi connectivity index (χ1n) is 6.56. The number of carbonyl (C=O) groups is 2. The molecule has 0 spiro atoms. The third-order valence-electron chi connectivity index (χ3n) is 2.94. The first-order valence-corrected chi connectivity index (χ1v) is 6.56. The van der Waals surface area contributed by atoms with E-state index in [9.17, 15) is 9.59 Å². The molecule has 20 heavy (non-hydrogen) atoms. The summed E-state index contributed by atoms with van der Waals surface area (Å²) < 4.78 is 5.05. The lowest BCUT2D eigenvalue weighted by molar-refractivity contribution is -0.137. The Labute approximate surface area is 119 Å². The van der Waals surface area contributed by atoms with Crippen molar-refractivity contribution < 1.29 is 19.4 Å². The second kappa shape index (κ2) is 7.65. The molecule has 0 atom stereocenters. The molecule has 0 fully saturated rings. The number of methoxy groups -OCH3 is 1. The van der Waals surface area contributed by atoms with Crippen molar-refractivity contribution in [1.29, 1.82) is 0 Å². The molecule has 0 saturated heterocycles. The summed E-state index contributed by atoms with van der Waals surface area (Å²) in [6.07, 6.45) is -0.0539. The van der Waals surface area contributed by atoms with Crippen molar-refractivity contribution in [3.05, 3.63) is 35.4 Å². The Hall–Kier alpha value is -1.88. The number of rotatable bonds is 7. The normalized spacial score (nSPS) is 10.6. The summed E-state index contributed by atoms with van der Waals surface area (Å²) in [5.41, 5.74) is 1.47. The Morgan fingerprint density at radius 3 is 2.60 bits per heavy atom. The number of carbonyl (C=O) groups excluding carboxylic acids is 1. The minimum atomic E-state index is -0.906. The minimum absolute atomic E-state index is 0.0482. The molecule has 1 aromatic rings. The Bertz CT molecular complexity index is 471. The summed E-state index contributed by atoms with van der Waals surface area (Å²) in [5, 5.41) is 8.76. The van der Waals surface area contributed by atoms with Gasteiger partial charge in [0, 0.05) is 25.3 Å². The molecule has 0 heterocycles. The monoisotopic (exact) mass is 279 g/mol. The van der Waals surface area contributed by atoms with Crippen LogP contribution in [0.2, 0.25) is 0 Å². The molecule has 1 amide bonds. The average molecular weight is 279 g/mol. The van der Waals surface area contributed by atoms with Gasteiger partial charge in [0.2, 0.25) is 0 Å². The molecule has 5 nitrogen and oxygen atoms in total. The highest BCUT2D eigenvalue weighted by Crippen LogP contribution is 2.12. The predicted molar refractivity (Wildman–Crippen MR) is 75.6 cm³/mol. The largest absolute Gasteiger partial charge is 0.481 e. The zero-order valence-electron chi connectivity index (χ0n) is 12.1. The van der Waals surface area contributed by atoms with E-state index < -0.39 is 5.97 Å². The van der Waals surface area contributed by atoms with Crippen molar-refractivity contribution in [2.45, 2.75) is 32.9 Å². The lowest BCUT2D eigenvalue weighted by Crippen LogP contribution is -2.38. The molecule has 1 rings (SSSR count). The molecule has 110 valence electrons. The van der Waals surface area contributed by atoms with Crippen LogP contribution in [-0.4, -0.2) is 41.6 Å². The van der Waals surface area contributed by atoms with Gasteiger partial charge in [-0.2, -0.15) is 0 Å². The summed E-state index contributed by atoms with van der Waals surface area (Å²) in [5.74, 6) is -1.06.